The Bertz CT molecular complexity index is 375. The van der Waals surface area contributed by atoms with Gasteiger partial charge in [-0.2, -0.15) is 0 Å². The Morgan fingerprint density at radius 3 is 2.39 bits per heavy atom. The zero-order valence-corrected chi connectivity index (χ0v) is 13.7. The van der Waals surface area contributed by atoms with E-state index in [-0.39, 0.29) is 0 Å². The van der Waals surface area contributed by atoms with E-state index in [2.05, 4.69) is 79.1 Å². The minimum atomic E-state index is 0.524. The third-order valence-corrected chi connectivity index (χ3v) is 3.87. The summed E-state index contributed by atoms with van der Waals surface area (Å²) in [6, 6.07) is 7.75. The van der Waals surface area contributed by atoms with E-state index in [1.807, 2.05) is 0 Å². The fourth-order valence-electron chi connectivity index (χ4n) is 1.60. The van der Waals surface area contributed by atoms with Crippen LogP contribution in [0.5, 0.6) is 0 Å². The molecule has 2 nitrogen and oxygen atoms in total. The standard InChI is InChI=1S/C15H25BrN2/c1-11(2)17-9-13-6-7-14(15(16)8-13)10-18(5)12(3)4/h6-8,11-12,17H,9-10H2,1-5H3. The molecule has 102 valence electrons. The number of rotatable bonds is 6. The van der Waals surface area contributed by atoms with Crippen molar-refractivity contribution in [2.45, 2.75) is 52.9 Å². The molecule has 0 fully saturated rings. The van der Waals surface area contributed by atoms with E-state index in [4.69, 9.17) is 0 Å². The van der Waals surface area contributed by atoms with Gasteiger partial charge in [-0.25, -0.2) is 0 Å². The molecule has 1 aromatic carbocycles. The molecule has 1 rings (SSSR count). The largest absolute Gasteiger partial charge is 0.310 e. The van der Waals surface area contributed by atoms with Gasteiger partial charge in [0.05, 0.1) is 0 Å². The number of halogens is 1. The SMILES string of the molecule is CC(C)NCc1ccc(CN(C)C(C)C)c(Br)c1. The van der Waals surface area contributed by atoms with E-state index < -0.39 is 0 Å². The van der Waals surface area contributed by atoms with Crippen LogP contribution in [0.3, 0.4) is 0 Å². The van der Waals surface area contributed by atoms with E-state index in [9.17, 15) is 0 Å². The Hall–Kier alpha value is -0.380. The number of hydrogen-bond donors (Lipinski definition) is 1. The summed E-state index contributed by atoms with van der Waals surface area (Å²) < 4.78 is 1.21. The van der Waals surface area contributed by atoms with Crippen molar-refractivity contribution in [1.29, 1.82) is 0 Å². The maximum atomic E-state index is 3.68. The number of nitrogens with one attached hydrogen (secondary N) is 1. The molecule has 0 saturated carbocycles. The molecule has 0 unspecified atom stereocenters. The highest BCUT2D eigenvalue weighted by Gasteiger charge is 2.07. The molecule has 0 atom stereocenters. The van der Waals surface area contributed by atoms with E-state index in [1.54, 1.807) is 0 Å². The molecule has 0 aliphatic heterocycles. The van der Waals surface area contributed by atoms with Crippen LogP contribution < -0.4 is 5.32 Å². The molecule has 0 saturated heterocycles. The summed E-state index contributed by atoms with van der Waals surface area (Å²) in [4.78, 5) is 2.34. The maximum absolute atomic E-state index is 3.68. The molecule has 0 heterocycles. The second-order valence-corrected chi connectivity index (χ2v) is 6.32. The van der Waals surface area contributed by atoms with Crippen LogP contribution in [0.25, 0.3) is 0 Å². The summed E-state index contributed by atoms with van der Waals surface area (Å²) in [6.45, 7) is 10.7. The fraction of sp³-hybridized carbons (Fsp3) is 0.600. The second kappa shape index (κ2) is 7.27. The smallest absolute Gasteiger partial charge is 0.0244 e. The van der Waals surface area contributed by atoms with Gasteiger partial charge in [0, 0.05) is 29.6 Å². The Labute approximate surface area is 120 Å². The van der Waals surface area contributed by atoms with Gasteiger partial charge in [-0.1, -0.05) is 41.9 Å². The van der Waals surface area contributed by atoms with Crippen LogP contribution in [-0.4, -0.2) is 24.0 Å². The van der Waals surface area contributed by atoms with Crippen LogP contribution in [0.1, 0.15) is 38.8 Å². The van der Waals surface area contributed by atoms with E-state index in [1.165, 1.54) is 15.6 Å². The molecule has 0 spiro atoms. The third kappa shape index (κ3) is 5.09. The highest BCUT2D eigenvalue weighted by Crippen LogP contribution is 2.20. The van der Waals surface area contributed by atoms with Crippen molar-refractivity contribution < 1.29 is 0 Å². The Balaban J connectivity index is 2.67. The highest BCUT2D eigenvalue weighted by molar-refractivity contribution is 9.10. The first-order valence-electron chi connectivity index (χ1n) is 6.61. The number of benzene rings is 1. The molecule has 0 aliphatic rings. The Morgan fingerprint density at radius 2 is 1.89 bits per heavy atom. The number of nitrogens with zero attached hydrogens (tertiary/aromatic N) is 1. The average molecular weight is 313 g/mol. The van der Waals surface area contributed by atoms with E-state index >= 15 is 0 Å². The van der Waals surface area contributed by atoms with Crippen LogP contribution in [-0.2, 0) is 13.1 Å². The Kier molecular flexibility index (Phi) is 6.33. The van der Waals surface area contributed by atoms with E-state index in [0.29, 0.717) is 12.1 Å². The molecule has 0 bridgehead atoms. The van der Waals surface area contributed by atoms with Gasteiger partial charge in [-0.3, -0.25) is 4.90 Å². The normalized spacial score (nSPS) is 11.8. The molecule has 3 heteroatoms. The van der Waals surface area contributed by atoms with Gasteiger partial charge in [-0.15, -0.1) is 0 Å². The lowest BCUT2D eigenvalue weighted by Gasteiger charge is -2.22. The van der Waals surface area contributed by atoms with Gasteiger partial charge in [0.25, 0.3) is 0 Å². The van der Waals surface area contributed by atoms with Crippen molar-refractivity contribution >= 4 is 15.9 Å². The van der Waals surface area contributed by atoms with Crippen molar-refractivity contribution in [3.63, 3.8) is 0 Å². The first-order chi connectivity index (χ1) is 8.40. The van der Waals surface area contributed by atoms with Crippen molar-refractivity contribution in [3.8, 4) is 0 Å². The van der Waals surface area contributed by atoms with Crippen molar-refractivity contribution in [2.75, 3.05) is 7.05 Å². The lowest BCUT2D eigenvalue weighted by molar-refractivity contribution is 0.265. The van der Waals surface area contributed by atoms with Crippen molar-refractivity contribution in [3.05, 3.63) is 33.8 Å². The van der Waals surface area contributed by atoms with Gasteiger partial charge in [0.1, 0.15) is 0 Å². The topological polar surface area (TPSA) is 15.3 Å². The van der Waals surface area contributed by atoms with E-state index in [0.717, 1.165) is 13.1 Å². The molecule has 0 radical (unpaired) electrons. The summed E-state index contributed by atoms with van der Waals surface area (Å²) >= 11 is 3.68. The Morgan fingerprint density at radius 1 is 1.22 bits per heavy atom. The summed E-state index contributed by atoms with van der Waals surface area (Å²) in [5, 5.41) is 3.44. The monoisotopic (exact) mass is 312 g/mol. The van der Waals surface area contributed by atoms with Crippen LogP contribution >= 0.6 is 15.9 Å². The predicted octanol–water partition coefficient (Wildman–Crippen LogP) is 3.79. The zero-order valence-electron chi connectivity index (χ0n) is 12.1. The molecular weight excluding hydrogens is 288 g/mol. The van der Waals surface area contributed by atoms with Crippen LogP contribution in [0.4, 0.5) is 0 Å². The molecule has 1 N–H and O–H groups in total. The summed E-state index contributed by atoms with van der Waals surface area (Å²) in [5.41, 5.74) is 2.67. The first kappa shape index (κ1) is 15.7. The van der Waals surface area contributed by atoms with Crippen LogP contribution in [0.15, 0.2) is 22.7 Å². The molecular formula is C15H25BrN2. The zero-order chi connectivity index (χ0) is 13.7. The van der Waals surface area contributed by atoms with Gasteiger partial charge in [0.15, 0.2) is 0 Å². The van der Waals surface area contributed by atoms with Crippen molar-refractivity contribution in [1.82, 2.24) is 10.2 Å². The quantitative estimate of drug-likeness (QED) is 0.859. The molecule has 0 amide bonds. The fourth-order valence-corrected chi connectivity index (χ4v) is 2.15. The predicted molar refractivity (Wildman–Crippen MR) is 82.7 cm³/mol. The second-order valence-electron chi connectivity index (χ2n) is 5.47. The first-order valence-corrected chi connectivity index (χ1v) is 7.40. The number of hydrogen-bond acceptors (Lipinski definition) is 2. The minimum Gasteiger partial charge on any atom is -0.310 e. The van der Waals surface area contributed by atoms with Crippen molar-refractivity contribution in [2.24, 2.45) is 0 Å². The summed E-state index contributed by atoms with van der Waals surface area (Å²) in [6.07, 6.45) is 0. The molecule has 0 aromatic heterocycles. The van der Waals surface area contributed by atoms with Crippen LogP contribution in [0.2, 0.25) is 0 Å². The lowest BCUT2D eigenvalue weighted by Crippen LogP contribution is -2.25. The van der Waals surface area contributed by atoms with Gasteiger partial charge < -0.3 is 5.32 Å². The molecule has 18 heavy (non-hydrogen) atoms. The van der Waals surface area contributed by atoms with Crippen LogP contribution in [0, 0.1) is 0 Å². The minimum absolute atomic E-state index is 0.524. The molecule has 1 aromatic rings. The van der Waals surface area contributed by atoms with Gasteiger partial charge in [-0.05, 0) is 38.1 Å². The van der Waals surface area contributed by atoms with Gasteiger partial charge in [0.2, 0.25) is 0 Å². The maximum Gasteiger partial charge on any atom is 0.0244 e. The molecule has 0 aliphatic carbocycles. The summed E-state index contributed by atoms with van der Waals surface area (Å²) in [7, 11) is 2.16. The lowest BCUT2D eigenvalue weighted by atomic mass is 10.1. The van der Waals surface area contributed by atoms with Gasteiger partial charge >= 0.3 is 0 Å². The third-order valence-electron chi connectivity index (χ3n) is 3.13. The summed E-state index contributed by atoms with van der Waals surface area (Å²) in [5.74, 6) is 0. The average Bonchev–Trinajstić information content (AvgIpc) is 2.29. The highest BCUT2D eigenvalue weighted by atomic mass is 79.9.